The molecule has 0 heterocycles. The molecule has 1 aromatic rings. The van der Waals surface area contributed by atoms with Gasteiger partial charge in [-0.05, 0) is 38.0 Å². The minimum absolute atomic E-state index is 0.0936. The lowest BCUT2D eigenvalue weighted by Crippen LogP contribution is -2.26. The molecule has 1 rings (SSSR count). The second kappa shape index (κ2) is 9.00. The van der Waals surface area contributed by atoms with E-state index in [1.807, 2.05) is 6.92 Å². The lowest BCUT2D eigenvalue weighted by Gasteiger charge is -2.27. The molecule has 0 amide bonds. The molecule has 0 bridgehead atoms. The van der Waals surface area contributed by atoms with Crippen molar-refractivity contribution in [2.24, 2.45) is 0 Å². The minimum Gasteiger partial charge on any atom is -0.492 e. The molecule has 1 aromatic carbocycles. The van der Waals surface area contributed by atoms with E-state index in [2.05, 4.69) is 18.7 Å². The van der Waals surface area contributed by atoms with Crippen LogP contribution in [0.1, 0.15) is 46.5 Å². The molecule has 0 aliphatic heterocycles. The summed E-state index contributed by atoms with van der Waals surface area (Å²) in [4.78, 5) is 2.05. The quantitative estimate of drug-likeness (QED) is 0.662. The first kappa shape index (κ1) is 18.8. The average molecular weight is 329 g/mol. The van der Waals surface area contributed by atoms with Gasteiger partial charge in [-0.25, -0.2) is 0 Å². The van der Waals surface area contributed by atoms with Gasteiger partial charge < -0.3 is 9.64 Å². The van der Waals surface area contributed by atoms with Crippen molar-refractivity contribution in [3.05, 3.63) is 18.2 Å². The Morgan fingerprint density at radius 1 is 1.09 bits per heavy atom. The van der Waals surface area contributed by atoms with Crippen LogP contribution in [0.15, 0.2) is 23.1 Å². The summed E-state index contributed by atoms with van der Waals surface area (Å²) in [5.41, 5.74) is 0.735. The molecule has 0 radical (unpaired) electrons. The summed E-state index contributed by atoms with van der Waals surface area (Å²) in [6, 6.07) is 4.50. The Balaban J connectivity index is 3.22. The van der Waals surface area contributed by atoms with E-state index in [0.29, 0.717) is 12.4 Å². The summed E-state index contributed by atoms with van der Waals surface area (Å²) < 4.78 is 37.7. The van der Waals surface area contributed by atoms with Gasteiger partial charge in [0.2, 0.25) is 0 Å². The van der Waals surface area contributed by atoms with Gasteiger partial charge in [0.1, 0.15) is 5.75 Å². The number of hydrogen-bond acceptors (Lipinski definition) is 4. The SMILES string of the molecule is CCCCN(CCCC)c1cc(S(=O)(=O)O)ccc1OCC. The Morgan fingerprint density at radius 3 is 2.14 bits per heavy atom. The maximum atomic E-state index is 11.4. The lowest BCUT2D eigenvalue weighted by molar-refractivity contribution is 0.340. The van der Waals surface area contributed by atoms with Gasteiger partial charge in [-0.2, -0.15) is 8.42 Å². The van der Waals surface area contributed by atoms with Crippen molar-refractivity contribution < 1.29 is 17.7 Å². The Hall–Kier alpha value is -1.27. The van der Waals surface area contributed by atoms with Crippen LogP contribution in [0.25, 0.3) is 0 Å². The summed E-state index contributed by atoms with van der Waals surface area (Å²) in [7, 11) is -4.21. The highest BCUT2D eigenvalue weighted by molar-refractivity contribution is 7.85. The molecule has 126 valence electrons. The number of anilines is 1. The number of hydrogen-bond donors (Lipinski definition) is 1. The fourth-order valence-electron chi connectivity index (χ4n) is 2.23. The molecular formula is C16H27NO4S. The zero-order valence-corrected chi connectivity index (χ0v) is 14.5. The van der Waals surface area contributed by atoms with Gasteiger partial charge in [-0.1, -0.05) is 26.7 Å². The van der Waals surface area contributed by atoms with E-state index in [9.17, 15) is 13.0 Å². The second-order valence-corrected chi connectivity index (χ2v) is 6.65. The third-order valence-electron chi connectivity index (χ3n) is 3.43. The van der Waals surface area contributed by atoms with Crippen LogP contribution in [-0.4, -0.2) is 32.7 Å². The number of rotatable bonds is 10. The molecular weight excluding hydrogens is 302 g/mol. The Kier molecular flexibility index (Phi) is 7.68. The maximum absolute atomic E-state index is 11.4. The highest BCUT2D eigenvalue weighted by atomic mass is 32.2. The van der Waals surface area contributed by atoms with Gasteiger partial charge in [0.15, 0.2) is 0 Å². The predicted octanol–water partition coefficient (Wildman–Crippen LogP) is 3.74. The fraction of sp³-hybridized carbons (Fsp3) is 0.625. The number of unbranched alkanes of at least 4 members (excludes halogenated alkanes) is 2. The Morgan fingerprint density at radius 2 is 1.68 bits per heavy atom. The van der Waals surface area contributed by atoms with Crippen molar-refractivity contribution in [3.63, 3.8) is 0 Å². The maximum Gasteiger partial charge on any atom is 0.294 e. The molecule has 0 spiro atoms. The van der Waals surface area contributed by atoms with Gasteiger partial charge in [0, 0.05) is 13.1 Å². The first-order valence-corrected chi connectivity index (χ1v) is 9.37. The van der Waals surface area contributed by atoms with Crippen molar-refractivity contribution in [1.82, 2.24) is 0 Å². The van der Waals surface area contributed by atoms with Crippen LogP contribution < -0.4 is 9.64 Å². The fourth-order valence-corrected chi connectivity index (χ4v) is 2.73. The molecule has 6 heteroatoms. The van der Waals surface area contributed by atoms with E-state index >= 15 is 0 Å². The zero-order chi connectivity index (χ0) is 16.6. The Bertz CT molecular complexity index is 549. The van der Waals surface area contributed by atoms with E-state index in [1.165, 1.54) is 12.1 Å². The molecule has 0 unspecified atom stereocenters. The van der Waals surface area contributed by atoms with Gasteiger partial charge >= 0.3 is 0 Å². The molecule has 0 aliphatic rings. The average Bonchev–Trinajstić information content (AvgIpc) is 2.47. The third-order valence-corrected chi connectivity index (χ3v) is 4.28. The summed E-state index contributed by atoms with van der Waals surface area (Å²) in [5, 5.41) is 0. The van der Waals surface area contributed by atoms with Gasteiger partial charge in [-0.15, -0.1) is 0 Å². The van der Waals surface area contributed by atoms with E-state index in [4.69, 9.17) is 4.74 Å². The molecule has 0 saturated heterocycles. The zero-order valence-electron chi connectivity index (χ0n) is 13.7. The van der Waals surface area contributed by atoms with E-state index in [1.54, 1.807) is 6.07 Å². The normalized spacial score (nSPS) is 11.5. The Labute approximate surface area is 134 Å². The minimum atomic E-state index is -4.21. The summed E-state index contributed by atoms with van der Waals surface area (Å²) in [5.74, 6) is 0.655. The predicted molar refractivity (Wildman–Crippen MR) is 89.5 cm³/mol. The molecule has 0 saturated carbocycles. The summed E-state index contributed by atoms with van der Waals surface area (Å²) in [6.45, 7) is 8.32. The van der Waals surface area contributed by atoms with Crippen LogP contribution in [0.4, 0.5) is 5.69 Å². The molecule has 0 atom stereocenters. The largest absolute Gasteiger partial charge is 0.492 e. The molecule has 22 heavy (non-hydrogen) atoms. The van der Waals surface area contributed by atoms with Crippen LogP contribution in [0.5, 0.6) is 5.75 Å². The lowest BCUT2D eigenvalue weighted by atomic mass is 10.2. The first-order chi connectivity index (χ1) is 10.4. The molecule has 0 aromatic heterocycles. The molecule has 0 aliphatic carbocycles. The standard InChI is InChI=1S/C16H27NO4S/c1-4-7-11-17(12-8-5-2)15-13-14(22(18,19)20)9-10-16(15)21-6-3/h9-10,13H,4-8,11-12H2,1-3H3,(H,18,19,20). The monoisotopic (exact) mass is 329 g/mol. The van der Waals surface area contributed by atoms with E-state index < -0.39 is 10.1 Å². The molecule has 0 fully saturated rings. The number of nitrogens with zero attached hydrogens (tertiary/aromatic N) is 1. The van der Waals surface area contributed by atoms with Crippen molar-refractivity contribution >= 4 is 15.8 Å². The highest BCUT2D eigenvalue weighted by Gasteiger charge is 2.17. The smallest absolute Gasteiger partial charge is 0.294 e. The number of ether oxygens (including phenoxy) is 1. The first-order valence-electron chi connectivity index (χ1n) is 7.93. The van der Waals surface area contributed by atoms with Gasteiger partial charge in [-0.3, -0.25) is 4.55 Å². The van der Waals surface area contributed by atoms with Crippen molar-refractivity contribution in [3.8, 4) is 5.75 Å². The molecule has 5 nitrogen and oxygen atoms in total. The van der Waals surface area contributed by atoms with Crippen LogP contribution in [0.2, 0.25) is 0 Å². The van der Waals surface area contributed by atoms with Gasteiger partial charge in [0.05, 0.1) is 17.2 Å². The molecule has 1 N–H and O–H groups in total. The van der Waals surface area contributed by atoms with Crippen LogP contribution in [0, 0.1) is 0 Å². The summed E-state index contributed by atoms with van der Waals surface area (Å²) in [6.07, 6.45) is 4.16. The highest BCUT2D eigenvalue weighted by Crippen LogP contribution is 2.32. The van der Waals surface area contributed by atoms with Gasteiger partial charge in [0.25, 0.3) is 10.1 Å². The van der Waals surface area contributed by atoms with Crippen molar-refractivity contribution in [1.29, 1.82) is 0 Å². The van der Waals surface area contributed by atoms with E-state index in [0.717, 1.165) is 44.5 Å². The van der Waals surface area contributed by atoms with Crippen LogP contribution in [-0.2, 0) is 10.1 Å². The van der Waals surface area contributed by atoms with Crippen molar-refractivity contribution in [2.75, 3.05) is 24.6 Å². The summed E-state index contributed by atoms with van der Waals surface area (Å²) >= 11 is 0. The van der Waals surface area contributed by atoms with E-state index in [-0.39, 0.29) is 4.90 Å². The third kappa shape index (κ3) is 5.50. The second-order valence-electron chi connectivity index (χ2n) is 5.23. The van der Waals surface area contributed by atoms with Crippen LogP contribution in [0.3, 0.4) is 0 Å². The van der Waals surface area contributed by atoms with Crippen LogP contribution >= 0.6 is 0 Å². The van der Waals surface area contributed by atoms with Crippen molar-refractivity contribution in [2.45, 2.75) is 51.3 Å². The topological polar surface area (TPSA) is 66.8 Å². The number of benzene rings is 1.